The summed E-state index contributed by atoms with van der Waals surface area (Å²) in [7, 11) is 0. The van der Waals surface area contributed by atoms with Gasteiger partial charge in [0.05, 0.1) is 24.3 Å². The van der Waals surface area contributed by atoms with Crippen LogP contribution in [0.3, 0.4) is 0 Å². The minimum atomic E-state index is -0.637. The topological polar surface area (TPSA) is 41.6 Å². The third-order valence-corrected chi connectivity index (χ3v) is 7.87. The molecule has 0 fully saturated rings. The molecule has 4 aromatic rings. The van der Waals surface area contributed by atoms with Gasteiger partial charge in [0.15, 0.2) is 0 Å². The van der Waals surface area contributed by atoms with Gasteiger partial charge >= 0.3 is 5.97 Å². The van der Waals surface area contributed by atoms with E-state index in [0.717, 1.165) is 25.9 Å². The highest BCUT2D eigenvalue weighted by Gasteiger charge is 2.41. The molecule has 0 bridgehead atoms. The zero-order valence-corrected chi connectivity index (χ0v) is 24.8. The molecule has 1 aliphatic rings. The molecule has 0 spiro atoms. The van der Waals surface area contributed by atoms with Gasteiger partial charge in [-0.3, -0.25) is 0 Å². The van der Waals surface area contributed by atoms with Crippen LogP contribution in [0, 0.1) is 11.6 Å². The number of nitrogens with one attached hydrogen (secondary N) is 1. The molecule has 0 aliphatic carbocycles. The molecular weight excluding hydrogens is 642 g/mol. The van der Waals surface area contributed by atoms with E-state index >= 15 is 0 Å². The van der Waals surface area contributed by atoms with Gasteiger partial charge < -0.3 is 15.0 Å². The quantitative estimate of drug-likeness (QED) is 0.200. The van der Waals surface area contributed by atoms with Crippen LogP contribution in [0.25, 0.3) is 0 Å². The molecule has 5 rings (SSSR count). The summed E-state index contributed by atoms with van der Waals surface area (Å²) in [4.78, 5) is 15.9. The van der Waals surface area contributed by atoms with E-state index in [2.05, 4.69) is 42.1 Å². The van der Waals surface area contributed by atoms with Crippen molar-refractivity contribution in [3.63, 3.8) is 0 Å². The van der Waals surface area contributed by atoms with Gasteiger partial charge in [0.1, 0.15) is 11.6 Å². The third kappa shape index (κ3) is 6.13. The lowest BCUT2D eigenvalue weighted by Crippen LogP contribution is -2.41. The van der Waals surface area contributed by atoms with Crippen LogP contribution in [0.4, 0.5) is 20.2 Å². The van der Waals surface area contributed by atoms with Gasteiger partial charge in [-0.05, 0) is 90.8 Å². The Labute approximate surface area is 248 Å². The van der Waals surface area contributed by atoms with Gasteiger partial charge in [-0.2, -0.15) is 0 Å². The molecule has 2 atom stereocenters. The Hall–Kier alpha value is -3.49. The van der Waals surface area contributed by atoms with Crippen LogP contribution in [0.5, 0.6) is 0 Å². The van der Waals surface area contributed by atoms with Crippen molar-refractivity contribution in [1.82, 2.24) is 0 Å². The maximum Gasteiger partial charge on any atom is 0.338 e. The fourth-order valence-corrected chi connectivity index (χ4v) is 5.56. The molecule has 0 saturated heterocycles. The van der Waals surface area contributed by atoms with Crippen LogP contribution in [0.2, 0.25) is 0 Å². The summed E-state index contributed by atoms with van der Waals surface area (Å²) in [6.45, 7) is 1.97. The number of nitrogens with zero attached hydrogens (tertiary/aromatic N) is 1. The number of anilines is 2. The van der Waals surface area contributed by atoms with Gasteiger partial charge in [-0.25, -0.2) is 13.6 Å². The van der Waals surface area contributed by atoms with Crippen molar-refractivity contribution in [1.29, 1.82) is 0 Å². The SMILES string of the molecule is CCOC(=O)C1=C(Nc2ccc(Br)cc2)CC(c2ccc(F)cc2)N(c2ccc(Br)cc2)C1c1ccc(F)cc1. The first-order valence-electron chi connectivity index (χ1n) is 12.8. The Bertz CT molecular complexity index is 1510. The number of hydrogen-bond acceptors (Lipinski definition) is 4. The van der Waals surface area contributed by atoms with Crippen molar-refractivity contribution in [2.75, 3.05) is 16.8 Å². The maximum atomic E-state index is 14.1. The molecule has 0 saturated carbocycles. The highest BCUT2D eigenvalue weighted by molar-refractivity contribution is 9.10. The Morgan fingerprint density at radius 2 is 1.35 bits per heavy atom. The van der Waals surface area contributed by atoms with Gasteiger partial charge in [0.25, 0.3) is 0 Å². The number of hydrogen-bond donors (Lipinski definition) is 1. The van der Waals surface area contributed by atoms with E-state index < -0.39 is 12.0 Å². The summed E-state index contributed by atoms with van der Waals surface area (Å²) in [6, 6.07) is 27.1. The van der Waals surface area contributed by atoms with Crippen molar-refractivity contribution in [2.24, 2.45) is 0 Å². The predicted molar refractivity (Wildman–Crippen MR) is 161 cm³/mol. The van der Waals surface area contributed by atoms with Crippen molar-refractivity contribution < 1.29 is 18.3 Å². The number of carbonyl (C=O) groups is 1. The lowest BCUT2D eigenvalue weighted by molar-refractivity contribution is -0.139. The van der Waals surface area contributed by atoms with Crippen molar-refractivity contribution in [3.05, 3.63) is 140 Å². The van der Waals surface area contributed by atoms with Crippen LogP contribution >= 0.6 is 31.9 Å². The first-order valence-corrected chi connectivity index (χ1v) is 14.4. The molecular formula is C32H26Br2F2N2O2. The first-order chi connectivity index (χ1) is 19.3. The second-order valence-electron chi connectivity index (χ2n) is 9.35. The standard InChI is InChI=1S/C32H26Br2F2N2O2/c1-2-40-32(39)30-28(37-26-15-7-22(33)8-16-26)19-29(20-3-11-24(35)12-4-20)38(27-17-9-23(34)10-18-27)31(30)21-5-13-25(36)14-6-21/h3-18,29,31,37H,2,19H2,1H3. The summed E-state index contributed by atoms with van der Waals surface area (Å²) in [5, 5.41) is 3.48. The summed E-state index contributed by atoms with van der Waals surface area (Å²) >= 11 is 6.99. The van der Waals surface area contributed by atoms with Crippen LogP contribution in [-0.2, 0) is 9.53 Å². The zero-order valence-electron chi connectivity index (χ0n) is 21.6. The Kier molecular flexibility index (Phi) is 8.66. The molecule has 0 radical (unpaired) electrons. The number of benzene rings is 4. The van der Waals surface area contributed by atoms with Crippen LogP contribution in [-0.4, -0.2) is 12.6 Å². The molecule has 1 N–H and O–H groups in total. The number of carbonyl (C=O) groups excluding carboxylic acids is 1. The zero-order chi connectivity index (χ0) is 28.2. The molecule has 0 amide bonds. The average molecular weight is 668 g/mol. The van der Waals surface area contributed by atoms with Gasteiger partial charge in [-0.1, -0.05) is 56.1 Å². The summed E-state index contributed by atoms with van der Waals surface area (Å²) in [5.74, 6) is -1.17. The number of halogens is 4. The minimum Gasteiger partial charge on any atom is -0.463 e. The van der Waals surface area contributed by atoms with Crippen molar-refractivity contribution in [2.45, 2.75) is 25.4 Å². The second kappa shape index (κ2) is 12.4. The molecule has 0 aromatic heterocycles. The number of rotatable bonds is 7. The van der Waals surface area contributed by atoms with Gasteiger partial charge in [0.2, 0.25) is 0 Å². The van der Waals surface area contributed by atoms with Gasteiger partial charge in [0, 0.05) is 32.4 Å². The van der Waals surface area contributed by atoms with E-state index in [9.17, 15) is 13.6 Å². The van der Waals surface area contributed by atoms with Crippen molar-refractivity contribution in [3.8, 4) is 0 Å². The van der Waals surface area contributed by atoms with E-state index in [0.29, 0.717) is 23.3 Å². The molecule has 4 aromatic carbocycles. The summed E-state index contributed by atoms with van der Waals surface area (Å²) < 4.78 is 35.5. The van der Waals surface area contributed by atoms with Crippen LogP contribution in [0.15, 0.2) is 117 Å². The summed E-state index contributed by atoms with van der Waals surface area (Å²) in [5.41, 5.74) is 4.34. The van der Waals surface area contributed by atoms with Crippen LogP contribution in [0.1, 0.15) is 36.6 Å². The lowest BCUT2D eigenvalue weighted by Gasteiger charge is -2.46. The number of ether oxygens (including phenoxy) is 1. The number of esters is 1. The van der Waals surface area contributed by atoms with E-state index in [-0.39, 0.29) is 24.3 Å². The molecule has 204 valence electrons. The molecule has 8 heteroatoms. The minimum absolute atomic E-state index is 0.198. The van der Waals surface area contributed by atoms with Crippen LogP contribution < -0.4 is 10.2 Å². The second-order valence-corrected chi connectivity index (χ2v) is 11.2. The van der Waals surface area contributed by atoms with Gasteiger partial charge in [-0.15, -0.1) is 0 Å². The van der Waals surface area contributed by atoms with E-state index in [4.69, 9.17) is 4.74 Å². The monoisotopic (exact) mass is 666 g/mol. The fourth-order valence-electron chi connectivity index (χ4n) is 5.03. The van der Waals surface area contributed by atoms with E-state index in [1.807, 2.05) is 48.5 Å². The Morgan fingerprint density at radius 3 is 1.90 bits per heavy atom. The normalized spacial score (nSPS) is 17.1. The highest BCUT2D eigenvalue weighted by Crippen LogP contribution is 2.48. The Morgan fingerprint density at radius 1 is 0.825 bits per heavy atom. The largest absolute Gasteiger partial charge is 0.463 e. The fraction of sp³-hybridized carbons (Fsp3) is 0.156. The molecule has 1 aliphatic heterocycles. The van der Waals surface area contributed by atoms with E-state index in [1.165, 1.54) is 24.3 Å². The molecule has 40 heavy (non-hydrogen) atoms. The predicted octanol–water partition coefficient (Wildman–Crippen LogP) is 9.11. The average Bonchev–Trinajstić information content (AvgIpc) is 2.95. The smallest absolute Gasteiger partial charge is 0.338 e. The maximum absolute atomic E-state index is 14.1. The summed E-state index contributed by atoms with van der Waals surface area (Å²) in [6.07, 6.45) is 0.406. The lowest BCUT2D eigenvalue weighted by atomic mass is 9.84. The first kappa shape index (κ1) is 28.1. The Balaban J connectivity index is 1.77. The van der Waals surface area contributed by atoms with Crippen molar-refractivity contribution >= 4 is 49.2 Å². The molecule has 1 heterocycles. The molecule has 4 nitrogen and oxygen atoms in total. The third-order valence-electron chi connectivity index (χ3n) is 6.81. The van der Waals surface area contributed by atoms with E-state index in [1.54, 1.807) is 31.2 Å². The highest BCUT2D eigenvalue weighted by atomic mass is 79.9. The molecule has 2 unspecified atom stereocenters.